The van der Waals surface area contributed by atoms with Gasteiger partial charge in [0, 0.05) is 5.02 Å². The summed E-state index contributed by atoms with van der Waals surface area (Å²) in [5.41, 5.74) is 6.97. The minimum atomic E-state index is -0.564. The number of aryl methyl sites for hydroxylation is 1. The normalized spacial score (nSPS) is 10.2. The molecule has 5 nitrogen and oxygen atoms in total. The molecule has 2 rings (SSSR count). The summed E-state index contributed by atoms with van der Waals surface area (Å²) < 4.78 is 10.3. The van der Waals surface area contributed by atoms with E-state index in [-0.39, 0.29) is 11.4 Å². The van der Waals surface area contributed by atoms with Gasteiger partial charge in [0.05, 0.1) is 19.0 Å². The second kappa shape index (κ2) is 5.79. The van der Waals surface area contributed by atoms with Crippen LogP contribution in [-0.4, -0.2) is 18.1 Å². The van der Waals surface area contributed by atoms with E-state index < -0.39 is 5.97 Å². The van der Waals surface area contributed by atoms with Crippen molar-refractivity contribution in [3.8, 4) is 11.6 Å². The number of pyridine rings is 1. The largest absolute Gasteiger partial charge is 0.465 e. The van der Waals surface area contributed by atoms with Gasteiger partial charge in [0.2, 0.25) is 5.88 Å². The topological polar surface area (TPSA) is 74.4 Å². The van der Waals surface area contributed by atoms with Crippen LogP contribution >= 0.6 is 11.6 Å². The van der Waals surface area contributed by atoms with Crippen LogP contribution < -0.4 is 10.5 Å². The van der Waals surface area contributed by atoms with Crippen LogP contribution in [0.1, 0.15) is 15.9 Å². The minimum absolute atomic E-state index is 0.136. The second-order valence-electron chi connectivity index (χ2n) is 4.12. The molecule has 0 aliphatic carbocycles. The van der Waals surface area contributed by atoms with Crippen molar-refractivity contribution in [2.75, 3.05) is 12.8 Å². The van der Waals surface area contributed by atoms with E-state index in [0.29, 0.717) is 16.5 Å². The van der Waals surface area contributed by atoms with Crippen LogP contribution in [0.2, 0.25) is 5.02 Å². The highest BCUT2D eigenvalue weighted by atomic mass is 35.5. The molecule has 0 saturated carbocycles. The molecule has 0 aliphatic heterocycles. The maximum absolute atomic E-state index is 11.7. The fourth-order valence-electron chi connectivity index (χ4n) is 1.64. The Labute approximate surface area is 121 Å². The number of halogens is 1. The van der Waals surface area contributed by atoms with E-state index in [0.717, 1.165) is 5.56 Å². The average molecular weight is 293 g/mol. The van der Waals surface area contributed by atoms with Crippen molar-refractivity contribution in [1.29, 1.82) is 0 Å². The lowest BCUT2D eigenvalue weighted by Gasteiger charge is -2.11. The molecule has 0 radical (unpaired) electrons. The summed E-state index contributed by atoms with van der Waals surface area (Å²) in [7, 11) is 1.28. The van der Waals surface area contributed by atoms with Gasteiger partial charge in [-0.1, -0.05) is 11.6 Å². The van der Waals surface area contributed by atoms with Crippen molar-refractivity contribution in [2.45, 2.75) is 6.92 Å². The first-order chi connectivity index (χ1) is 9.51. The molecule has 0 aliphatic rings. The van der Waals surface area contributed by atoms with Crippen LogP contribution in [0.3, 0.4) is 0 Å². The molecule has 2 N–H and O–H groups in total. The predicted octanol–water partition coefficient (Wildman–Crippen LogP) is 3.20. The molecule has 0 spiro atoms. The fourth-order valence-corrected chi connectivity index (χ4v) is 1.86. The number of esters is 1. The predicted molar refractivity (Wildman–Crippen MR) is 76.3 cm³/mol. The monoisotopic (exact) mass is 292 g/mol. The van der Waals surface area contributed by atoms with Crippen LogP contribution in [0.25, 0.3) is 0 Å². The fraction of sp³-hybridized carbons (Fsp3) is 0.143. The number of nitrogen functional groups attached to an aromatic ring is 1. The molecule has 1 heterocycles. The van der Waals surface area contributed by atoms with Gasteiger partial charge in [-0.2, -0.15) is 0 Å². The quantitative estimate of drug-likeness (QED) is 0.879. The second-order valence-corrected chi connectivity index (χ2v) is 4.56. The lowest BCUT2D eigenvalue weighted by atomic mass is 10.2. The van der Waals surface area contributed by atoms with E-state index >= 15 is 0 Å². The Morgan fingerprint density at radius 3 is 2.75 bits per heavy atom. The number of hydrogen-bond acceptors (Lipinski definition) is 5. The van der Waals surface area contributed by atoms with Crippen LogP contribution in [0, 0.1) is 6.92 Å². The molecule has 6 heteroatoms. The Hall–Kier alpha value is -2.27. The lowest BCUT2D eigenvalue weighted by Crippen LogP contribution is -2.06. The molecule has 104 valence electrons. The molecule has 1 aromatic heterocycles. The number of aromatic nitrogens is 1. The first kappa shape index (κ1) is 14.1. The number of anilines is 1. The highest BCUT2D eigenvalue weighted by molar-refractivity contribution is 6.30. The zero-order valence-corrected chi connectivity index (χ0v) is 11.8. The molecule has 0 unspecified atom stereocenters. The van der Waals surface area contributed by atoms with Crippen LogP contribution in [0.5, 0.6) is 11.6 Å². The molecule has 0 fully saturated rings. The SMILES string of the molecule is COC(=O)c1cc(N)cnc1Oc1ccc(Cl)cc1C. The van der Waals surface area contributed by atoms with E-state index in [4.69, 9.17) is 22.1 Å². The number of nitrogens with two attached hydrogens (primary N) is 1. The van der Waals surface area contributed by atoms with E-state index in [2.05, 4.69) is 9.72 Å². The summed E-state index contributed by atoms with van der Waals surface area (Å²) in [4.78, 5) is 15.7. The van der Waals surface area contributed by atoms with Crippen molar-refractivity contribution in [2.24, 2.45) is 0 Å². The molecule has 2 aromatic rings. The van der Waals surface area contributed by atoms with Gasteiger partial charge in [0.15, 0.2) is 0 Å². The number of rotatable bonds is 3. The molecular formula is C14H13ClN2O3. The van der Waals surface area contributed by atoms with Crippen molar-refractivity contribution < 1.29 is 14.3 Å². The zero-order chi connectivity index (χ0) is 14.7. The number of carbonyl (C=O) groups is 1. The minimum Gasteiger partial charge on any atom is -0.465 e. The molecular weight excluding hydrogens is 280 g/mol. The number of benzene rings is 1. The molecule has 1 aromatic carbocycles. The van der Waals surface area contributed by atoms with E-state index in [9.17, 15) is 4.79 Å². The molecule has 0 amide bonds. The Balaban J connectivity index is 2.40. The van der Waals surface area contributed by atoms with Crippen LogP contribution in [-0.2, 0) is 4.74 Å². The van der Waals surface area contributed by atoms with Crippen molar-refractivity contribution >= 4 is 23.3 Å². The first-order valence-corrected chi connectivity index (χ1v) is 6.17. The lowest BCUT2D eigenvalue weighted by molar-refractivity contribution is 0.0597. The summed E-state index contributed by atoms with van der Waals surface area (Å²) >= 11 is 5.88. The van der Waals surface area contributed by atoms with Gasteiger partial charge in [-0.15, -0.1) is 0 Å². The summed E-state index contributed by atoms with van der Waals surface area (Å²) in [5, 5.41) is 0.605. The van der Waals surface area contributed by atoms with E-state index in [1.165, 1.54) is 19.4 Å². The number of hydrogen-bond donors (Lipinski definition) is 1. The van der Waals surface area contributed by atoms with Gasteiger partial charge < -0.3 is 15.2 Å². The maximum Gasteiger partial charge on any atom is 0.343 e. The van der Waals surface area contributed by atoms with Crippen molar-refractivity contribution in [3.05, 3.63) is 46.6 Å². The standard InChI is InChI=1S/C14H13ClN2O3/c1-8-5-9(15)3-4-12(8)20-13-11(14(18)19-2)6-10(16)7-17-13/h3-7H,16H2,1-2H3. The van der Waals surface area contributed by atoms with Gasteiger partial charge in [0.25, 0.3) is 0 Å². The Kier molecular flexibility index (Phi) is 4.10. The van der Waals surface area contributed by atoms with Gasteiger partial charge in [0.1, 0.15) is 11.3 Å². The summed E-state index contributed by atoms with van der Waals surface area (Å²) in [6.45, 7) is 1.84. The third-order valence-electron chi connectivity index (χ3n) is 2.62. The van der Waals surface area contributed by atoms with E-state index in [1.807, 2.05) is 6.92 Å². The Morgan fingerprint density at radius 2 is 2.10 bits per heavy atom. The molecule has 0 saturated heterocycles. The van der Waals surface area contributed by atoms with Crippen molar-refractivity contribution in [1.82, 2.24) is 4.98 Å². The highest BCUT2D eigenvalue weighted by Crippen LogP contribution is 2.29. The third-order valence-corrected chi connectivity index (χ3v) is 2.86. The average Bonchev–Trinajstić information content (AvgIpc) is 2.42. The summed E-state index contributed by atoms with van der Waals surface area (Å²) in [6, 6.07) is 6.61. The van der Waals surface area contributed by atoms with E-state index in [1.54, 1.807) is 18.2 Å². The van der Waals surface area contributed by atoms with Crippen LogP contribution in [0.4, 0.5) is 5.69 Å². The van der Waals surface area contributed by atoms with Crippen molar-refractivity contribution in [3.63, 3.8) is 0 Å². The zero-order valence-electron chi connectivity index (χ0n) is 11.0. The Morgan fingerprint density at radius 1 is 1.35 bits per heavy atom. The maximum atomic E-state index is 11.7. The molecule has 20 heavy (non-hydrogen) atoms. The third kappa shape index (κ3) is 3.00. The van der Waals surface area contributed by atoms with Gasteiger partial charge in [-0.25, -0.2) is 9.78 Å². The van der Waals surface area contributed by atoms with Gasteiger partial charge in [-0.3, -0.25) is 0 Å². The highest BCUT2D eigenvalue weighted by Gasteiger charge is 2.16. The van der Waals surface area contributed by atoms with Crippen LogP contribution in [0.15, 0.2) is 30.5 Å². The number of ether oxygens (including phenoxy) is 2. The molecule has 0 atom stereocenters. The smallest absolute Gasteiger partial charge is 0.343 e. The Bertz CT molecular complexity index is 659. The number of carbonyl (C=O) groups excluding carboxylic acids is 1. The van der Waals surface area contributed by atoms with Gasteiger partial charge in [-0.05, 0) is 36.8 Å². The molecule has 0 bridgehead atoms. The van der Waals surface area contributed by atoms with Gasteiger partial charge >= 0.3 is 5.97 Å². The number of nitrogens with zero attached hydrogens (tertiary/aromatic N) is 1. The summed E-state index contributed by atoms with van der Waals surface area (Å²) in [5.74, 6) is 0.125. The first-order valence-electron chi connectivity index (χ1n) is 5.79. The number of methoxy groups -OCH3 is 1. The summed E-state index contributed by atoms with van der Waals surface area (Å²) in [6.07, 6.45) is 1.41.